The molecule has 1 aromatic carbocycles. The lowest BCUT2D eigenvalue weighted by Crippen LogP contribution is -2.34. The number of aryl methyl sites for hydroxylation is 1. The first-order chi connectivity index (χ1) is 7.36. The van der Waals surface area contributed by atoms with Crippen LogP contribution in [0.5, 0.6) is 0 Å². The van der Waals surface area contributed by atoms with Crippen LogP contribution in [-0.2, 0) is 11.2 Å². The predicted octanol–water partition coefficient (Wildman–Crippen LogP) is 2.23. The van der Waals surface area contributed by atoms with Crippen LogP contribution in [0.3, 0.4) is 0 Å². The molecule has 0 heterocycles. The number of hydrogen-bond acceptors (Lipinski definition) is 2. The zero-order valence-electron chi connectivity index (χ0n) is 10.0. The van der Waals surface area contributed by atoms with Crippen molar-refractivity contribution in [1.29, 1.82) is 0 Å². The van der Waals surface area contributed by atoms with Crippen LogP contribution in [0.25, 0.3) is 0 Å². The summed E-state index contributed by atoms with van der Waals surface area (Å²) in [4.78, 5) is 11.9. The van der Waals surface area contributed by atoms with E-state index in [9.17, 15) is 9.18 Å². The van der Waals surface area contributed by atoms with Crippen molar-refractivity contribution in [2.75, 3.05) is 6.54 Å². The van der Waals surface area contributed by atoms with E-state index < -0.39 is 5.41 Å². The highest BCUT2D eigenvalue weighted by Gasteiger charge is 2.25. The van der Waals surface area contributed by atoms with Crippen molar-refractivity contribution in [1.82, 2.24) is 0 Å². The molecule has 0 fully saturated rings. The summed E-state index contributed by atoms with van der Waals surface area (Å²) in [6, 6.07) is 4.48. The van der Waals surface area contributed by atoms with E-state index in [1.165, 1.54) is 12.1 Å². The summed E-state index contributed by atoms with van der Waals surface area (Å²) >= 11 is 0. The summed E-state index contributed by atoms with van der Waals surface area (Å²) in [5, 5.41) is 0. The van der Waals surface area contributed by atoms with Gasteiger partial charge in [-0.3, -0.25) is 4.79 Å². The smallest absolute Gasteiger partial charge is 0.144 e. The molecule has 0 saturated heterocycles. The average Bonchev–Trinajstić information content (AvgIpc) is 2.22. The normalized spacial score (nSPS) is 11.6. The third-order valence-electron chi connectivity index (χ3n) is 2.92. The largest absolute Gasteiger partial charge is 0.329 e. The molecule has 0 bridgehead atoms. The molecular formula is C13H18FNO. The van der Waals surface area contributed by atoms with E-state index in [1.807, 2.05) is 13.8 Å². The number of carbonyl (C=O) groups excluding carboxylic acids is 1. The van der Waals surface area contributed by atoms with Crippen molar-refractivity contribution in [3.8, 4) is 0 Å². The third kappa shape index (κ3) is 2.89. The molecule has 0 spiro atoms. The highest BCUT2D eigenvalue weighted by atomic mass is 19.1. The number of benzene rings is 1. The van der Waals surface area contributed by atoms with Crippen molar-refractivity contribution in [3.05, 3.63) is 35.1 Å². The molecule has 0 aliphatic rings. The first-order valence-corrected chi connectivity index (χ1v) is 5.35. The van der Waals surface area contributed by atoms with Gasteiger partial charge in [0.05, 0.1) is 0 Å². The summed E-state index contributed by atoms with van der Waals surface area (Å²) in [6.07, 6.45) is 0.316. The fourth-order valence-corrected chi connectivity index (χ4v) is 1.38. The van der Waals surface area contributed by atoms with Crippen LogP contribution in [0.2, 0.25) is 0 Å². The monoisotopic (exact) mass is 223 g/mol. The van der Waals surface area contributed by atoms with Crippen molar-refractivity contribution in [2.45, 2.75) is 27.2 Å². The van der Waals surface area contributed by atoms with Crippen LogP contribution in [0.1, 0.15) is 25.0 Å². The van der Waals surface area contributed by atoms with E-state index in [0.29, 0.717) is 13.0 Å². The Morgan fingerprint density at radius 1 is 1.44 bits per heavy atom. The van der Waals surface area contributed by atoms with Gasteiger partial charge in [0.15, 0.2) is 0 Å². The first-order valence-electron chi connectivity index (χ1n) is 5.35. The zero-order valence-corrected chi connectivity index (χ0v) is 10.0. The minimum Gasteiger partial charge on any atom is -0.329 e. The van der Waals surface area contributed by atoms with Gasteiger partial charge < -0.3 is 5.73 Å². The highest BCUT2D eigenvalue weighted by molar-refractivity contribution is 5.86. The Morgan fingerprint density at radius 3 is 2.56 bits per heavy atom. The number of carbonyl (C=O) groups is 1. The minimum atomic E-state index is -0.513. The zero-order chi connectivity index (χ0) is 12.3. The number of hydrogen-bond donors (Lipinski definition) is 1. The van der Waals surface area contributed by atoms with Crippen LogP contribution in [0, 0.1) is 18.2 Å². The van der Waals surface area contributed by atoms with Crippen molar-refractivity contribution < 1.29 is 9.18 Å². The van der Waals surface area contributed by atoms with Crippen LogP contribution in [-0.4, -0.2) is 12.3 Å². The van der Waals surface area contributed by atoms with E-state index in [4.69, 9.17) is 5.73 Å². The Bertz CT molecular complexity index is 399. The summed E-state index contributed by atoms with van der Waals surface area (Å²) in [5.74, 6) is -0.184. The Kier molecular flexibility index (Phi) is 3.81. The van der Waals surface area contributed by atoms with E-state index in [0.717, 1.165) is 11.1 Å². The maximum Gasteiger partial charge on any atom is 0.144 e. The van der Waals surface area contributed by atoms with E-state index >= 15 is 0 Å². The van der Waals surface area contributed by atoms with Gasteiger partial charge in [-0.15, -0.1) is 0 Å². The molecule has 88 valence electrons. The van der Waals surface area contributed by atoms with Crippen LogP contribution >= 0.6 is 0 Å². The molecular weight excluding hydrogens is 205 g/mol. The summed E-state index contributed by atoms with van der Waals surface area (Å²) in [6.45, 7) is 5.79. The van der Waals surface area contributed by atoms with Gasteiger partial charge in [0.25, 0.3) is 0 Å². The fraction of sp³-hybridized carbons (Fsp3) is 0.462. The lowest BCUT2D eigenvalue weighted by Gasteiger charge is -2.21. The standard InChI is InChI=1S/C13H18FNO/c1-9-6-11(14)5-4-10(9)7-12(16)13(2,3)8-15/h4-6H,7-8,15H2,1-3H3. The van der Waals surface area contributed by atoms with E-state index in [1.54, 1.807) is 13.0 Å². The van der Waals surface area contributed by atoms with Crippen LogP contribution in [0.15, 0.2) is 18.2 Å². The molecule has 0 amide bonds. The van der Waals surface area contributed by atoms with Gasteiger partial charge in [0, 0.05) is 18.4 Å². The summed E-state index contributed by atoms with van der Waals surface area (Å²) in [7, 11) is 0. The SMILES string of the molecule is Cc1cc(F)ccc1CC(=O)C(C)(C)CN. The Labute approximate surface area is 95.7 Å². The number of rotatable bonds is 4. The molecule has 1 rings (SSSR count). The number of halogens is 1. The second-order valence-electron chi connectivity index (χ2n) is 4.76. The lowest BCUT2D eigenvalue weighted by molar-refractivity contribution is -0.125. The molecule has 1 aromatic rings. The van der Waals surface area contributed by atoms with Crippen LogP contribution in [0.4, 0.5) is 4.39 Å². The van der Waals surface area contributed by atoms with Gasteiger partial charge in [0.2, 0.25) is 0 Å². The van der Waals surface area contributed by atoms with Gasteiger partial charge in [-0.2, -0.15) is 0 Å². The molecule has 0 aromatic heterocycles. The van der Waals surface area contributed by atoms with Gasteiger partial charge in [-0.05, 0) is 30.2 Å². The molecule has 2 N–H and O–H groups in total. The predicted molar refractivity (Wildman–Crippen MR) is 62.7 cm³/mol. The fourth-order valence-electron chi connectivity index (χ4n) is 1.38. The number of nitrogens with two attached hydrogens (primary N) is 1. The maximum absolute atomic E-state index is 12.9. The highest BCUT2D eigenvalue weighted by Crippen LogP contribution is 2.19. The molecule has 0 radical (unpaired) electrons. The molecule has 0 unspecified atom stereocenters. The maximum atomic E-state index is 12.9. The average molecular weight is 223 g/mol. The van der Waals surface area contributed by atoms with E-state index in [2.05, 4.69) is 0 Å². The van der Waals surface area contributed by atoms with Gasteiger partial charge >= 0.3 is 0 Å². The third-order valence-corrected chi connectivity index (χ3v) is 2.92. The molecule has 0 aliphatic heterocycles. The topological polar surface area (TPSA) is 43.1 Å². The second-order valence-corrected chi connectivity index (χ2v) is 4.76. The van der Waals surface area contributed by atoms with Gasteiger partial charge in [-0.25, -0.2) is 4.39 Å². The Balaban J connectivity index is 2.85. The van der Waals surface area contributed by atoms with Crippen molar-refractivity contribution >= 4 is 5.78 Å². The Morgan fingerprint density at radius 2 is 2.06 bits per heavy atom. The van der Waals surface area contributed by atoms with Gasteiger partial charge in [-0.1, -0.05) is 19.9 Å². The summed E-state index contributed by atoms with van der Waals surface area (Å²) in [5.41, 5.74) is 6.70. The Hall–Kier alpha value is -1.22. The van der Waals surface area contributed by atoms with Crippen molar-refractivity contribution in [3.63, 3.8) is 0 Å². The van der Waals surface area contributed by atoms with Crippen LogP contribution < -0.4 is 5.73 Å². The first kappa shape index (κ1) is 12.8. The number of ketones is 1. The van der Waals surface area contributed by atoms with Gasteiger partial charge in [0.1, 0.15) is 11.6 Å². The molecule has 2 nitrogen and oxygen atoms in total. The minimum absolute atomic E-state index is 0.0877. The molecule has 0 saturated carbocycles. The lowest BCUT2D eigenvalue weighted by atomic mass is 9.84. The second kappa shape index (κ2) is 4.74. The summed E-state index contributed by atoms with van der Waals surface area (Å²) < 4.78 is 12.9. The quantitative estimate of drug-likeness (QED) is 0.850. The number of Topliss-reactive ketones (excluding diaryl/α,β-unsaturated/α-hetero) is 1. The van der Waals surface area contributed by atoms with Crippen molar-refractivity contribution in [2.24, 2.45) is 11.1 Å². The molecule has 3 heteroatoms. The molecule has 0 aliphatic carbocycles. The molecule has 0 atom stereocenters. The molecule has 16 heavy (non-hydrogen) atoms. The van der Waals surface area contributed by atoms with E-state index in [-0.39, 0.29) is 11.6 Å².